The van der Waals surface area contributed by atoms with Crippen molar-refractivity contribution in [2.24, 2.45) is 5.92 Å². The van der Waals surface area contributed by atoms with Crippen LogP contribution >= 0.6 is 0 Å². The van der Waals surface area contributed by atoms with Crippen molar-refractivity contribution in [1.29, 1.82) is 0 Å². The Bertz CT molecular complexity index is 701. The smallest absolute Gasteiger partial charge is 0.128 e. The number of para-hydroxylation sites is 1. The Hall–Kier alpha value is -2.09. The largest absolute Gasteiger partial charge is 0.315 e. The Morgan fingerprint density at radius 1 is 1.04 bits per heavy atom. The zero-order valence-electron chi connectivity index (χ0n) is 15.2. The summed E-state index contributed by atoms with van der Waals surface area (Å²) >= 11 is 0. The van der Waals surface area contributed by atoms with Crippen molar-refractivity contribution >= 4 is 11.4 Å². The van der Waals surface area contributed by atoms with Crippen LogP contribution in [-0.4, -0.2) is 0 Å². The molecule has 3 rings (SSSR count). The second-order valence-electron chi connectivity index (χ2n) is 7.21. The zero-order chi connectivity index (χ0) is 17.6. The molecule has 0 bridgehead atoms. The first-order valence-corrected chi connectivity index (χ1v) is 9.44. The minimum atomic E-state index is -0.168. The number of benzene rings is 2. The molecular formula is C23H28FN. The number of rotatable bonds is 6. The van der Waals surface area contributed by atoms with E-state index in [-0.39, 0.29) is 5.82 Å². The van der Waals surface area contributed by atoms with Gasteiger partial charge in [0.15, 0.2) is 0 Å². The maximum Gasteiger partial charge on any atom is 0.128 e. The first kappa shape index (κ1) is 17.7. The van der Waals surface area contributed by atoms with Gasteiger partial charge in [-0.2, -0.15) is 0 Å². The van der Waals surface area contributed by atoms with E-state index in [1.54, 1.807) is 13.0 Å². The fraction of sp³-hybridized carbons (Fsp3) is 0.391. The Kier molecular flexibility index (Phi) is 5.91. The zero-order valence-corrected chi connectivity index (χ0v) is 15.2. The van der Waals surface area contributed by atoms with Gasteiger partial charge in [-0.3, -0.25) is 0 Å². The van der Waals surface area contributed by atoms with E-state index in [9.17, 15) is 4.39 Å². The summed E-state index contributed by atoms with van der Waals surface area (Å²) in [5.74, 6) is 0.649. The number of allylic oxidation sites excluding steroid dienone is 1. The first-order chi connectivity index (χ1) is 12.1. The summed E-state index contributed by atoms with van der Waals surface area (Å²) in [5, 5.41) is 0. The first-order valence-electron chi connectivity index (χ1n) is 9.44. The molecule has 0 amide bonds. The van der Waals surface area contributed by atoms with E-state index in [2.05, 4.69) is 23.6 Å². The minimum Gasteiger partial charge on any atom is -0.315 e. The standard InChI is InChI=1S/C23H28FN/c1-18-13-16-22(17-23(18)24)25(21-11-7-4-8-12-21)19(2)14-15-20-9-5-3-6-10-20/h4,7-8,11-13,16-17,20H,2-3,5-6,9-10,14-15H2,1H3. The van der Waals surface area contributed by atoms with E-state index < -0.39 is 0 Å². The molecule has 25 heavy (non-hydrogen) atoms. The summed E-state index contributed by atoms with van der Waals surface area (Å²) in [7, 11) is 0. The van der Waals surface area contributed by atoms with E-state index in [1.807, 2.05) is 30.3 Å². The second kappa shape index (κ2) is 8.33. The summed E-state index contributed by atoms with van der Waals surface area (Å²) in [6.45, 7) is 6.14. The van der Waals surface area contributed by atoms with Crippen LogP contribution in [0.4, 0.5) is 15.8 Å². The molecule has 0 aliphatic heterocycles. The summed E-state index contributed by atoms with van der Waals surface area (Å²) in [4.78, 5) is 2.10. The molecule has 0 aromatic heterocycles. The highest BCUT2D eigenvalue weighted by Gasteiger charge is 2.18. The van der Waals surface area contributed by atoms with E-state index in [0.717, 1.165) is 29.4 Å². The lowest BCUT2D eigenvalue weighted by molar-refractivity contribution is 0.339. The average Bonchev–Trinajstić information content (AvgIpc) is 2.65. The molecule has 2 aromatic carbocycles. The molecule has 0 radical (unpaired) electrons. The average molecular weight is 337 g/mol. The summed E-state index contributed by atoms with van der Waals surface area (Å²) < 4.78 is 14.1. The number of anilines is 2. The number of halogens is 1. The van der Waals surface area contributed by atoms with Crippen molar-refractivity contribution < 1.29 is 4.39 Å². The number of hydrogen-bond acceptors (Lipinski definition) is 1. The fourth-order valence-electron chi connectivity index (χ4n) is 3.77. The molecule has 2 aromatic rings. The molecule has 1 aliphatic rings. The van der Waals surface area contributed by atoms with Gasteiger partial charge in [-0.15, -0.1) is 0 Å². The quantitative estimate of drug-likeness (QED) is 0.541. The van der Waals surface area contributed by atoms with E-state index >= 15 is 0 Å². The van der Waals surface area contributed by atoms with Crippen molar-refractivity contribution in [3.63, 3.8) is 0 Å². The van der Waals surface area contributed by atoms with Crippen LogP contribution in [-0.2, 0) is 0 Å². The molecule has 0 saturated heterocycles. The van der Waals surface area contributed by atoms with Gasteiger partial charge >= 0.3 is 0 Å². The Labute approximate surface area is 151 Å². The van der Waals surface area contributed by atoms with Crippen LogP contribution in [0, 0.1) is 18.7 Å². The van der Waals surface area contributed by atoms with Crippen molar-refractivity contribution in [3.8, 4) is 0 Å². The van der Waals surface area contributed by atoms with Crippen molar-refractivity contribution in [2.45, 2.75) is 51.9 Å². The third kappa shape index (κ3) is 4.50. The van der Waals surface area contributed by atoms with Crippen LogP contribution in [0.2, 0.25) is 0 Å². The van der Waals surface area contributed by atoms with Gasteiger partial charge in [0.1, 0.15) is 5.82 Å². The minimum absolute atomic E-state index is 0.168. The van der Waals surface area contributed by atoms with Crippen LogP contribution in [0.15, 0.2) is 60.8 Å². The number of aryl methyl sites for hydroxylation is 1. The number of hydrogen-bond donors (Lipinski definition) is 0. The molecule has 1 fully saturated rings. The van der Waals surface area contributed by atoms with Gasteiger partial charge in [-0.25, -0.2) is 4.39 Å². The second-order valence-corrected chi connectivity index (χ2v) is 7.21. The number of nitrogens with zero attached hydrogens (tertiary/aromatic N) is 1. The third-order valence-electron chi connectivity index (χ3n) is 5.31. The monoisotopic (exact) mass is 337 g/mol. The summed E-state index contributed by atoms with van der Waals surface area (Å²) in [6, 6.07) is 15.6. The molecule has 1 saturated carbocycles. The molecule has 0 spiro atoms. The SMILES string of the molecule is C=C(CCC1CCCCC1)N(c1ccccc1)c1ccc(C)c(F)c1. The lowest BCUT2D eigenvalue weighted by atomic mass is 9.86. The molecular weight excluding hydrogens is 309 g/mol. The van der Waals surface area contributed by atoms with Gasteiger partial charge in [0.05, 0.1) is 0 Å². The lowest BCUT2D eigenvalue weighted by Gasteiger charge is -2.29. The Morgan fingerprint density at radius 3 is 2.44 bits per heavy atom. The van der Waals surface area contributed by atoms with Crippen molar-refractivity contribution in [1.82, 2.24) is 0 Å². The molecule has 2 heteroatoms. The maximum absolute atomic E-state index is 14.1. The molecule has 132 valence electrons. The molecule has 1 aliphatic carbocycles. The molecule has 1 nitrogen and oxygen atoms in total. The van der Waals surface area contributed by atoms with Crippen LogP contribution in [0.5, 0.6) is 0 Å². The molecule has 0 heterocycles. The topological polar surface area (TPSA) is 3.24 Å². The van der Waals surface area contributed by atoms with Gasteiger partial charge < -0.3 is 4.90 Å². The lowest BCUT2D eigenvalue weighted by Crippen LogP contribution is -2.17. The Balaban J connectivity index is 1.80. The van der Waals surface area contributed by atoms with Crippen LogP contribution in [0.3, 0.4) is 0 Å². The third-order valence-corrected chi connectivity index (χ3v) is 5.31. The van der Waals surface area contributed by atoms with E-state index in [0.29, 0.717) is 5.56 Å². The van der Waals surface area contributed by atoms with E-state index in [4.69, 9.17) is 0 Å². The summed E-state index contributed by atoms with van der Waals surface area (Å²) in [6.07, 6.45) is 8.93. The van der Waals surface area contributed by atoms with Gasteiger partial charge in [-0.05, 0) is 55.5 Å². The van der Waals surface area contributed by atoms with Gasteiger partial charge in [0.2, 0.25) is 0 Å². The van der Waals surface area contributed by atoms with Crippen LogP contribution in [0.1, 0.15) is 50.5 Å². The fourth-order valence-corrected chi connectivity index (χ4v) is 3.77. The predicted octanol–water partition coefficient (Wildman–Crippen LogP) is 7.15. The maximum atomic E-state index is 14.1. The van der Waals surface area contributed by atoms with Crippen molar-refractivity contribution in [2.75, 3.05) is 4.90 Å². The van der Waals surface area contributed by atoms with Gasteiger partial charge in [0.25, 0.3) is 0 Å². The van der Waals surface area contributed by atoms with Crippen LogP contribution in [0.25, 0.3) is 0 Å². The van der Waals surface area contributed by atoms with Gasteiger partial charge in [0, 0.05) is 17.1 Å². The van der Waals surface area contributed by atoms with Crippen molar-refractivity contribution in [3.05, 3.63) is 72.2 Å². The Morgan fingerprint density at radius 2 is 1.76 bits per heavy atom. The highest BCUT2D eigenvalue weighted by molar-refractivity contribution is 5.68. The highest BCUT2D eigenvalue weighted by Crippen LogP contribution is 2.34. The van der Waals surface area contributed by atoms with Gasteiger partial charge in [-0.1, -0.05) is 62.9 Å². The molecule has 0 N–H and O–H groups in total. The van der Waals surface area contributed by atoms with Crippen LogP contribution < -0.4 is 4.90 Å². The highest BCUT2D eigenvalue weighted by atomic mass is 19.1. The predicted molar refractivity (Wildman–Crippen MR) is 105 cm³/mol. The normalized spacial score (nSPS) is 15.1. The molecule has 0 unspecified atom stereocenters. The molecule has 0 atom stereocenters. The summed E-state index contributed by atoms with van der Waals surface area (Å²) in [5.41, 5.74) is 3.60. The van der Waals surface area contributed by atoms with E-state index in [1.165, 1.54) is 38.5 Å².